The second kappa shape index (κ2) is 12.3. The molecule has 6 aliphatic rings. The van der Waals surface area contributed by atoms with Gasteiger partial charge < -0.3 is 18.9 Å². The Kier molecular flexibility index (Phi) is 8.09. The van der Waals surface area contributed by atoms with Crippen LogP contribution in [-0.4, -0.2) is 78.5 Å². The molecule has 3 saturated heterocycles. The van der Waals surface area contributed by atoms with E-state index >= 15 is 4.79 Å². The second-order valence-electron chi connectivity index (χ2n) is 16.3. The summed E-state index contributed by atoms with van der Waals surface area (Å²) < 4.78 is 44.4. The predicted molar refractivity (Wildman–Crippen MR) is 195 cm³/mol. The maximum absolute atomic E-state index is 15.0. The van der Waals surface area contributed by atoms with E-state index in [0.717, 1.165) is 72.9 Å². The van der Waals surface area contributed by atoms with Crippen molar-refractivity contribution in [2.45, 2.75) is 127 Å². The monoisotopic (exact) mass is 714 g/mol. The van der Waals surface area contributed by atoms with Gasteiger partial charge in [0.2, 0.25) is 5.91 Å². The van der Waals surface area contributed by atoms with Gasteiger partial charge in [-0.3, -0.25) is 9.59 Å². The molecule has 0 spiro atoms. The fraction of sp³-hybridized carbons (Fsp3) is 0.600. The average Bonchev–Trinajstić information content (AvgIpc) is 3.72. The summed E-state index contributed by atoms with van der Waals surface area (Å²) in [5, 5.41) is 1.09. The van der Waals surface area contributed by atoms with Crippen molar-refractivity contribution in [3.63, 3.8) is 0 Å². The number of methoxy groups -OCH3 is 1. The molecule has 3 aromatic rings. The van der Waals surface area contributed by atoms with Gasteiger partial charge in [0.15, 0.2) is 0 Å². The first-order valence-electron chi connectivity index (χ1n) is 19.2. The van der Waals surface area contributed by atoms with Gasteiger partial charge in [0.25, 0.3) is 5.91 Å². The average molecular weight is 715 g/mol. The minimum Gasteiger partial charge on any atom is -0.497 e. The lowest BCUT2D eigenvalue weighted by Crippen LogP contribution is -2.52. The topological polar surface area (TPSA) is 110 Å². The van der Waals surface area contributed by atoms with Gasteiger partial charge in [-0.2, -0.15) is 12.7 Å². The van der Waals surface area contributed by atoms with Crippen molar-refractivity contribution in [3.05, 3.63) is 53.1 Å². The summed E-state index contributed by atoms with van der Waals surface area (Å²) in [6.07, 6.45) is 11.6. The van der Waals surface area contributed by atoms with E-state index in [2.05, 4.69) is 26.3 Å². The smallest absolute Gasteiger partial charge is 0.304 e. The Hall–Kier alpha value is -3.41. The third-order valence-electron chi connectivity index (χ3n) is 13.1. The Bertz CT molecular complexity index is 1990. The van der Waals surface area contributed by atoms with Gasteiger partial charge in [-0.15, -0.1) is 0 Å². The van der Waals surface area contributed by atoms with Crippen LogP contribution >= 0.6 is 0 Å². The van der Waals surface area contributed by atoms with Crippen LogP contribution in [0.1, 0.15) is 118 Å². The minimum atomic E-state index is -4.09. The number of carbonyl (C=O) groups excluding carboxylic acids is 2. The molecule has 2 aromatic carbocycles. The molecule has 1 N–H and O–H groups in total. The summed E-state index contributed by atoms with van der Waals surface area (Å²) in [5.74, 6) is 0.874. The number of hydrogen-bond donors (Lipinski definition) is 1. The lowest BCUT2D eigenvalue weighted by molar-refractivity contribution is -0.142. The molecule has 0 radical (unpaired) electrons. The van der Waals surface area contributed by atoms with E-state index in [4.69, 9.17) is 9.47 Å². The zero-order valence-electron chi connectivity index (χ0n) is 30.0. The number of aromatic nitrogens is 1. The molecule has 5 fully saturated rings. The third kappa shape index (κ3) is 5.43. The number of fused-ring (bicyclic) bond motifs is 9. The van der Waals surface area contributed by atoms with Crippen molar-refractivity contribution in [1.82, 2.24) is 18.5 Å². The van der Waals surface area contributed by atoms with E-state index in [1.165, 1.54) is 41.1 Å². The Morgan fingerprint density at radius 3 is 2.33 bits per heavy atom. The fourth-order valence-electron chi connectivity index (χ4n) is 10.7. The molecule has 11 heteroatoms. The van der Waals surface area contributed by atoms with Gasteiger partial charge in [0.05, 0.1) is 30.4 Å². The zero-order valence-corrected chi connectivity index (χ0v) is 30.8. The highest BCUT2D eigenvalue weighted by molar-refractivity contribution is 7.87. The van der Waals surface area contributed by atoms with Gasteiger partial charge >= 0.3 is 10.2 Å². The number of carbonyl (C=O) groups is 2. The molecule has 9 rings (SSSR count). The number of amides is 2. The third-order valence-corrected chi connectivity index (χ3v) is 14.5. The number of ether oxygens (including phenoxy) is 2. The van der Waals surface area contributed by atoms with Crippen LogP contribution in [0.15, 0.2) is 36.4 Å². The van der Waals surface area contributed by atoms with E-state index in [1.807, 2.05) is 32.0 Å². The zero-order chi connectivity index (χ0) is 35.2. The minimum absolute atomic E-state index is 0.0838. The van der Waals surface area contributed by atoms with Gasteiger partial charge in [0, 0.05) is 59.7 Å². The molecule has 5 heterocycles. The number of hydrogen-bond acceptors (Lipinski definition) is 6. The first kappa shape index (κ1) is 33.4. The normalized spacial score (nSPS) is 30.6. The van der Waals surface area contributed by atoms with E-state index < -0.39 is 21.5 Å². The van der Waals surface area contributed by atoms with E-state index in [9.17, 15) is 13.2 Å². The molecule has 1 aromatic heterocycles. The second-order valence-corrected chi connectivity index (χ2v) is 18.0. The number of morpholine rings is 1. The number of nitrogens with one attached hydrogen (secondary N) is 1. The van der Waals surface area contributed by atoms with Crippen LogP contribution in [0.25, 0.3) is 22.2 Å². The highest BCUT2D eigenvalue weighted by Gasteiger charge is 2.65. The largest absolute Gasteiger partial charge is 0.497 e. The van der Waals surface area contributed by atoms with E-state index in [-0.39, 0.29) is 42.7 Å². The Labute approximate surface area is 301 Å². The highest BCUT2D eigenvalue weighted by Crippen LogP contribution is 2.67. The lowest BCUT2D eigenvalue weighted by Gasteiger charge is -2.38. The van der Waals surface area contributed by atoms with Crippen LogP contribution < -0.4 is 9.46 Å². The summed E-state index contributed by atoms with van der Waals surface area (Å²) in [5.41, 5.74) is 5.39. The van der Waals surface area contributed by atoms with Crippen molar-refractivity contribution in [1.29, 1.82) is 0 Å². The summed E-state index contributed by atoms with van der Waals surface area (Å²) in [7, 11) is -2.39. The first-order chi connectivity index (χ1) is 24.6. The number of benzene rings is 2. The van der Waals surface area contributed by atoms with Crippen LogP contribution in [0.4, 0.5) is 0 Å². The van der Waals surface area contributed by atoms with Crippen molar-refractivity contribution >= 4 is 32.9 Å². The molecule has 272 valence electrons. The van der Waals surface area contributed by atoms with Gasteiger partial charge in [-0.1, -0.05) is 25.3 Å². The van der Waals surface area contributed by atoms with Crippen molar-refractivity contribution in [2.75, 3.05) is 20.2 Å². The van der Waals surface area contributed by atoms with Crippen LogP contribution in [0, 0.1) is 5.41 Å². The molecule has 4 aliphatic heterocycles. The van der Waals surface area contributed by atoms with Crippen LogP contribution in [0.3, 0.4) is 0 Å². The van der Waals surface area contributed by atoms with Crippen molar-refractivity contribution in [3.8, 4) is 17.0 Å². The van der Waals surface area contributed by atoms with Gasteiger partial charge in [-0.05, 0) is 113 Å². The number of rotatable bonds is 6. The molecule has 2 bridgehead atoms. The SMILES string of the molecule is COc1ccc2c(c1)C1CC1(C(=O)N1C3CCCC1CC3)Cn1c-2c(C2CCCCC2)c2ccc(C(=O)NS(=O)(=O)N3C[C@@H](C)O[C@@H](C)C3)cc21. The summed E-state index contributed by atoms with van der Waals surface area (Å²) in [6, 6.07) is 12.7. The fourth-order valence-corrected chi connectivity index (χ4v) is 12.0. The predicted octanol–water partition coefficient (Wildman–Crippen LogP) is 6.48. The molecule has 2 aliphatic carbocycles. The Morgan fingerprint density at radius 1 is 0.902 bits per heavy atom. The molecule has 2 amide bonds. The van der Waals surface area contributed by atoms with Crippen molar-refractivity contribution in [2.24, 2.45) is 5.41 Å². The van der Waals surface area contributed by atoms with E-state index in [0.29, 0.717) is 24.5 Å². The summed E-state index contributed by atoms with van der Waals surface area (Å²) >= 11 is 0. The molecule has 2 saturated carbocycles. The van der Waals surface area contributed by atoms with Crippen LogP contribution in [-0.2, 0) is 26.3 Å². The molecule has 6 atom stereocenters. The molecular weight excluding hydrogens is 665 g/mol. The molecule has 4 unspecified atom stereocenters. The van der Waals surface area contributed by atoms with Gasteiger partial charge in [-0.25, -0.2) is 4.72 Å². The molecule has 10 nitrogen and oxygen atoms in total. The Balaban J connectivity index is 1.18. The quantitative estimate of drug-likeness (QED) is 0.313. The standard InChI is InChI=1S/C40H50N4O6S/c1-24-21-42(22-25(2)50-24)51(47,48)41-38(45)27-12-16-32-35(18-27)43-23-40(39(46)44-28-10-7-11-29(44)14-13-28)20-34(40)33-19-30(49-3)15-17-31(33)37(43)36(32)26-8-5-4-6-9-26/h12,15-19,24-26,28-29,34H,4-11,13-14,20-23H2,1-3H3,(H,41,45)/t24-,25+,28?,29?,34?,40?. The first-order valence-corrected chi connectivity index (χ1v) is 20.7. The maximum Gasteiger partial charge on any atom is 0.304 e. The lowest BCUT2D eigenvalue weighted by atomic mass is 9.81. The van der Waals surface area contributed by atoms with Gasteiger partial charge in [0.1, 0.15) is 5.75 Å². The number of nitrogens with zero attached hydrogens (tertiary/aromatic N) is 3. The Morgan fingerprint density at radius 2 is 1.63 bits per heavy atom. The molecular formula is C40H50N4O6S. The summed E-state index contributed by atoms with van der Waals surface area (Å²) in [6.45, 7) is 4.58. The number of piperidine rings is 1. The maximum atomic E-state index is 15.0. The van der Waals surface area contributed by atoms with Crippen molar-refractivity contribution < 1.29 is 27.5 Å². The van der Waals surface area contributed by atoms with Crippen LogP contribution in [0.5, 0.6) is 5.75 Å². The highest BCUT2D eigenvalue weighted by atomic mass is 32.2. The van der Waals surface area contributed by atoms with E-state index in [1.54, 1.807) is 13.2 Å². The summed E-state index contributed by atoms with van der Waals surface area (Å²) in [4.78, 5) is 31.1. The van der Waals surface area contributed by atoms with Crippen LogP contribution in [0.2, 0.25) is 0 Å². The molecule has 51 heavy (non-hydrogen) atoms.